The van der Waals surface area contributed by atoms with E-state index in [-0.39, 0.29) is 28.8 Å². The second-order valence-corrected chi connectivity index (χ2v) is 5.67. The Kier molecular flexibility index (Phi) is 4.70. The highest BCUT2D eigenvalue weighted by atomic mass is 16.6. The summed E-state index contributed by atoms with van der Waals surface area (Å²) in [4.78, 5) is 22.8. The SMILES string of the molecule is Nc1nonc1-n1nnc(-c2ccccc2)c1C(=O)N/N=C\c1ccc([N+](=O)[O-])o1. The number of benzene rings is 1. The molecule has 0 aliphatic heterocycles. The number of nitrogens with one attached hydrogen (secondary N) is 1. The lowest BCUT2D eigenvalue weighted by molar-refractivity contribution is -0.402. The van der Waals surface area contributed by atoms with Gasteiger partial charge >= 0.3 is 5.88 Å². The quantitative estimate of drug-likeness (QED) is 0.265. The molecule has 0 unspecified atom stereocenters. The first-order valence-corrected chi connectivity index (χ1v) is 8.21. The Morgan fingerprint density at radius 3 is 2.70 bits per heavy atom. The van der Waals surface area contributed by atoms with Crippen LogP contribution < -0.4 is 11.2 Å². The second-order valence-electron chi connectivity index (χ2n) is 5.67. The summed E-state index contributed by atoms with van der Waals surface area (Å²) < 4.78 is 10.6. The zero-order valence-corrected chi connectivity index (χ0v) is 14.9. The number of anilines is 1. The number of aromatic nitrogens is 5. The van der Waals surface area contributed by atoms with Gasteiger partial charge in [-0.1, -0.05) is 35.5 Å². The number of rotatable bonds is 6. The van der Waals surface area contributed by atoms with Crippen molar-refractivity contribution >= 4 is 23.8 Å². The van der Waals surface area contributed by atoms with Crippen LogP contribution in [0.4, 0.5) is 11.7 Å². The molecule has 3 aromatic heterocycles. The summed E-state index contributed by atoms with van der Waals surface area (Å²) >= 11 is 0. The summed E-state index contributed by atoms with van der Waals surface area (Å²) in [6.45, 7) is 0. The number of hydrogen-bond acceptors (Lipinski definition) is 11. The van der Waals surface area contributed by atoms with Crippen LogP contribution in [0.3, 0.4) is 0 Å². The Hall–Kier alpha value is -4.88. The van der Waals surface area contributed by atoms with E-state index in [4.69, 9.17) is 10.2 Å². The van der Waals surface area contributed by atoms with Gasteiger partial charge in [0.2, 0.25) is 11.6 Å². The third-order valence-corrected chi connectivity index (χ3v) is 3.78. The molecule has 0 aliphatic rings. The van der Waals surface area contributed by atoms with E-state index in [2.05, 4.69) is 35.8 Å². The highest BCUT2D eigenvalue weighted by molar-refractivity contribution is 5.99. The number of nitrogens with zero attached hydrogens (tertiary/aromatic N) is 7. The summed E-state index contributed by atoms with van der Waals surface area (Å²) in [5, 5.41) is 29.5. The molecule has 0 aliphatic carbocycles. The molecule has 4 rings (SSSR count). The monoisotopic (exact) mass is 409 g/mol. The van der Waals surface area contributed by atoms with Crippen molar-refractivity contribution in [1.29, 1.82) is 0 Å². The summed E-state index contributed by atoms with van der Waals surface area (Å²) in [7, 11) is 0. The molecule has 0 atom stereocenters. The van der Waals surface area contributed by atoms with Gasteiger partial charge in [0, 0.05) is 5.56 Å². The van der Waals surface area contributed by atoms with Crippen molar-refractivity contribution in [3.63, 3.8) is 0 Å². The third-order valence-electron chi connectivity index (χ3n) is 3.78. The Labute approximate surface area is 166 Å². The van der Waals surface area contributed by atoms with Crippen molar-refractivity contribution in [1.82, 2.24) is 30.7 Å². The van der Waals surface area contributed by atoms with E-state index in [1.807, 2.05) is 0 Å². The van der Waals surface area contributed by atoms with Gasteiger partial charge in [0.15, 0.2) is 11.5 Å². The van der Waals surface area contributed by atoms with Crippen molar-refractivity contribution in [2.75, 3.05) is 5.73 Å². The second kappa shape index (κ2) is 7.63. The summed E-state index contributed by atoms with van der Waals surface area (Å²) in [6.07, 6.45) is 1.10. The fourth-order valence-electron chi connectivity index (χ4n) is 2.48. The van der Waals surface area contributed by atoms with Gasteiger partial charge in [0.1, 0.15) is 10.6 Å². The Bertz CT molecular complexity index is 1240. The molecule has 1 amide bonds. The molecule has 0 fully saturated rings. The lowest BCUT2D eigenvalue weighted by Gasteiger charge is -2.04. The van der Waals surface area contributed by atoms with Crippen molar-refractivity contribution in [2.24, 2.45) is 5.10 Å². The molecule has 0 radical (unpaired) electrons. The zero-order chi connectivity index (χ0) is 21.1. The van der Waals surface area contributed by atoms with Gasteiger partial charge in [0.05, 0.1) is 12.3 Å². The van der Waals surface area contributed by atoms with Crippen LogP contribution in [0.5, 0.6) is 0 Å². The van der Waals surface area contributed by atoms with Crippen LogP contribution >= 0.6 is 0 Å². The molecular formula is C16H11N9O5. The predicted octanol–water partition coefficient (Wildman–Crippen LogP) is 1.16. The van der Waals surface area contributed by atoms with Gasteiger partial charge < -0.3 is 10.2 Å². The maximum Gasteiger partial charge on any atom is 0.433 e. The third kappa shape index (κ3) is 3.47. The molecule has 0 saturated heterocycles. The number of hydrogen-bond donors (Lipinski definition) is 2. The average molecular weight is 409 g/mol. The van der Waals surface area contributed by atoms with Gasteiger partial charge in [-0.3, -0.25) is 14.9 Å². The van der Waals surface area contributed by atoms with Crippen LogP contribution in [0.25, 0.3) is 17.1 Å². The molecule has 0 spiro atoms. The van der Waals surface area contributed by atoms with Crippen molar-refractivity contribution in [2.45, 2.75) is 0 Å². The molecule has 14 heteroatoms. The minimum Gasteiger partial charge on any atom is -0.400 e. The minimum atomic E-state index is -0.710. The standard InChI is InChI=1S/C16H11N9O5/c17-14-15(22-30-21-14)24-13(12(19-23-24)9-4-2-1-3-5-9)16(26)20-18-8-10-6-7-11(29-10)25(27)28/h1-8H,(H2,17,21)(H,20,26)/b18-8-. The van der Waals surface area contributed by atoms with E-state index >= 15 is 0 Å². The summed E-state index contributed by atoms with van der Waals surface area (Å²) in [5.41, 5.74) is 8.80. The normalized spacial score (nSPS) is 11.1. The minimum absolute atomic E-state index is 0.0273. The molecule has 0 saturated carbocycles. The lowest BCUT2D eigenvalue weighted by Crippen LogP contribution is -2.22. The number of nitro groups is 1. The smallest absolute Gasteiger partial charge is 0.400 e. The summed E-state index contributed by atoms with van der Waals surface area (Å²) in [6, 6.07) is 11.3. The number of nitrogen functional groups attached to an aromatic ring is 1. The number of carbonyl (C=O) groups excluding carboxylic acids is 1. The summed E-state index contributed by atoms with van der Waals surface area (Å²) in [5.74, 6) is -1.22. The van der Waals surface area contributed by atoms with Gasteiger partial charge in [-0.25, -0.2) is 10.1 Å². The van der Waals surface area contributed by atoms with Crippen LogP contribution in [0, 0.1) is 10.1 Å². The average Bonchev–Trinajstić information content (AvgIpc) is 3.47. The van der Waals surface area contributed by atoms with E-state index in [0.717, 1.165) is 17.0 Å². The van der Waals surface area contributed by atoms with E-state index in [0.29, 0.717) is 5.56 Å². The number of furan rings is 1. The van der Waals surface area contributed by atoms with Crippen molar-refractivity contribution in [3.8, 4) is 17.1 Å². The highest BCUT2D eigenvalue weighted by Gasteiger charge is 2.25. The van der Waals surface area contributed by atoms with Gasteiger partial charge in [0.25, 0.3) is 5.91 Å². The van der Waals surface area contributed by atoms with E-state index in [1.165, 1.54) is 6.07 Å². The number of nitrogens with two attached hydrogens (primary N) is 1. The highest BCUT2D eigenvalue weighted by Crippen LogP contribution is 2.24. The Morgan fingerprint density at radius 2 is 2.03 bits per heavy atom. The van der Waals surface area contributed by atoms with Crippen LogP contribution in [0.2, 0.25) is 0 Å². The molecule has 14 nitrogen and oxygen atoms in total. The topological polar surface area (TPSA) is 193 Å². The predicted molar refractivity (Wildman–Crippen MR) is 99.5 cm³/mol. The molecule has 1 aromatic carbocycles. The first kappa shape index (κ1) is 18.5. The number of hydrazone groups is 1. The molecular weight excluding hydrogens is 398 g/mol. The molecule has 30 heavy (non-hydrogen) atoms. The van der Waals surface area contributed by atoms with Crippen molar-refractivity contribution < 1.29 is 18.8 Å². The maximum atomic E-state index is 12.8. The Morgan fingerprint density at radius 1 is 1.23 bits per heavy atom. The first-order chi connectivity index (χ1) is 14.5. The molecule has 150 valence electrons. The largest absolute Gasteiger partial charge is 0.433 e. The van der Waals surface area contributed by atoms with Crippen LogP contribution in [-0.4, -0.2) is 42.4 Å². The number of amides is 1. The van der Waals surface area contributed by atoms with E-state index in [1.54, 1.807) is 30.3 Å². The van der Waals surface area contributed by atoms with Gasteiger partial charge in [-0.15, -0.1) is 5.10 Å². The van der Waals surface area contributed by atoms with Crippen molar-refractivity contribution in [3.05, 3.63) is 64.0 Å². The van der Waals surface area contributed by atoms with Gasteiger partial charge in [-0.05, 0) is 16.4 Å². The molecule has 3 N–H and O–H groups in total. The molecule has 0 bridgehead atoms. The van der Waals surface area contributed by atoms with E-state index < -0.39 is 16.7 Å². The van der Waals surface area contributed by atoms with Crippen LogP contribution in [0.1, 0.15) is 16.2 Å². The fraction of sp³-hybridized carbons (Fsp3) is 0. The van der Waals surface area contributed by atoms with E-state index in [9.17, 15) is 14.9 Å². The van der Waals surface area contributed by atoms with Gasteiger partial charge in [-0.2, -0.15) is 9.78 Å². The lowest BCUT2D eigenvalue weighted by atomic mass is 10.1. The maximum absolute atomic E-state index is 12.8. The first-order valence-electron chi connectivity index (χ1n) is 8.21. The van der Waals surface area contributed by atoms with Crippen LogP contribution in [-0.2, 0) is 0 Å². The Balaban J connectivity index is 1.66. The zero-order valence-electron chi connectivity index (χ0n) is 14.9. The molecule has 4 aromatic rings. The fourth-order valence-corrected chi connectivity index (χ4v) is 2.48. The molecule has 3 heterocycles. The number of carbonyl (C=O) groups is 1. The van der Waals surface area contributed by atoms with Crippen LogP contribution in [0.15, 0.2) is 56.6 Å².